The Hall–Kier alpha value is -3.63. The minimum atomic E-state index is 0.255. The van der Waals surface area contributed by atoms with E-state index in [1.165, 1.54) is 5.56 Å². The number of halogens is 1. The van der Waals surface area contributed by atoms with Crippen LogP contribution < -0.4 is 4.90 Å². The predicted molar refractivity (Wildman–Crippen MR) is 137 cm³/mol. The fourth-order valence-corrected chi connectivity index (χ4v) is 4.31. The zero-order chi connectivity index (χ0) is 22.8. The third kappa shape index (κ3) is 4.22. The largest absolute Gasteiger partial charge is 0.349 e. The van der Waals surface area contributed by atoms with Gasteiger partial charge >= 0.3 is 0 Å². The molecule has 0 radical (unpaired) electrons. The van der Waals surface area contributed by atoms with Crippen molar-refractivity contribution in [2.45, 2.75) is 26.4 Å². The van der Waals surface area contributed by atoms with E-state index in [-0.39, 0.29) is 6.04 Å². The van der Waals surface area contributed by atoms with Gasteiger partial charge in [0.1, 0.15) is 12.1 Å². The van der Waals surface area contributed by atoms with Gasteiger partial charge in [-0.05, 0) is 49.2 Å². The van der Waals surface area contributed by atoms with Crippen molar-refractivity contribution in [2.75, 3.05) is 4.90 Å². The van der Waals surface area contributed by atoms with E-state index in [2.05, 4.69) is 78.0 Å². The van der Waals surface area contributed by atoms with Crippen LogP contribution in [0.1, 0.15) is 19.4 Å². The maximum absolute atomic E-state index is 6.16. The first kappa shape index (κ1) is 21.2. The lowest BCUT2D eigenvalue weighted by Gasteiger charge is -2.29. The highest BCUT2D eigenvalue weighted by atomic mass is 35.5. The molecule has 5 rings (SSSR count). The molecule has 0 atom stereocenters. The number of nitrogens with zero attached hydrogens (tertiary/aromatic N) is 4. The molecule has 0 saturated carbocycles. The van der Waals surface area contributed by atoms with Crippen molar-refractivity contribution in [3.63, 3.8) is 0 Å². The summed E-state index contributed by atoms with van der Waals surface area (Å²) in [6.45, 7) is 5.18. The standard InChI is InChI=1S/C28H25ClN4/c1-20(2)32(17-21-9-5-3-6-10-21)27-26-25(22-11-7-4-8-12-22)18-33(28(26)31-19-30-27)24-15-13-23(29)14-16-24/h3-16,18-20H,17H2,1-2H3. The molecule has 5 heteroatoms. The smallest absolute Gasteiger partial charge is 0.150 e. The number of rotatable bonds is 6. The normalized spacial score (nSPS) is 11.3. The molecule has 0 amide bonds. The van der Waals surface area contributed by atoms with E-state index in [1.807, 2.05) is 36.4 Å². The summed E-state index contributed by atoms with van der Waals surface area (Å²) in [5, 5.41) is 1.76. The van der Waals surface area contributed by atoms with Crippen molar-refractivity contribution in [1.82, 2.24) is 14.5 Å². The maximum atomic E-state index is 6.16. The van der Waals surface area contributed by atoms with Gasteiger partial charge in [-0.3, -0.25) is 0 Å². The highest BCUT2D eigenvalue weighted by molar-refractivity contribution is 6.30. The molecule has 2 heterocycles. The summed E-state index contributed by atoms with van der Waals surface area (Å²) in [5.74, 6) is 0.936. The molecular weight excluding hydrogens is 428 g/mol. The molecule has 164 valence electrons. The lowest BCUT2D eigenvalue weighted by atomic mass is 10.1. The summed E-state index contributed by atoms with van der Waals surface area (Å²) < 4.78 is 2.13. The second kappa shape index (κ2) is 9.08. The van der Waals surface area contributed by atoms with Crippen molar-refractivity contribution in [3.8, 4) is 16.8 Å². The Morgan fingerprint density at radius 2 is 1.52 bits per heavy atom. The van der Waals surface area contributed by atoms with E-state index in [1.54, 1.807) is 6.33 Å². The minimum Gasteiger partial charge on any atom is -0.349 e. The second-order valence-corrected chi connectivity index (χ2v) is 8.79. The van der Waals surface area contributed by atoms with E-state index in [9.17, 15) is 0 Å². The van der Waals surface area contributed by atoms with Crippen LogP contribution in [0.2, 0.25) is 5.02 Å². The summed E-state index contributed by atoms with van der Waals surface area (Å²) in [5.41, 5.74) is 5.37. The monoisotopic (exact) mass is 452 g/mol. The molecule has 0 saturated heterocycles. The number of aromatic nitrogens is 3. The average molecular weight is 453 g/mol. The number of hydrogen-bond acceptors (Lipinski definition) is 3. The first-order chi connectivity index (χ1) is 16.1. The van der Waals surface area contributed by atoms with Gasteiger partial charge in [-0.25, -0.2) is 9.97 Å². The lowest BCUT2D eigenvalue weighted by molar-refractivity contribution is 0.674. The highest BCUT2D eigenvalue weighted by Gasteiger charge is 2.22. The molecule has 0 aliphatic heterocycles. The third-order valence-electron chi connectivity index (χ3n) is 5.84. The third-order valence-corrected chi connectivity index (χ3v) is 6.10. The van der Waals surface area contributed by atoms with Crippen molar-refractivity contribution in [1.29, 1.82) is 0 Å². The SMILES string of the molecule is CC(C)N(Cc1ccccc1)c1ncnc2c1c(-c1ccccc1)cn2-c1ccc(Cl)cc1. The van der Waals surface area contributed by atoms with E-state index in [4.69, 9.17) is 21.6 Å². The number of benzene rings is 3. The van der Waals surface area contributed by atoms with Gasteiger partial charge in [0.15, 0.2) is 5.65 Å². The number of anilines is 1. The first-order valence-electron chi connectivity index (χ1n) is 11.1. The topological polar surface area (TPSA) is 34.0 Å². The van der Waals surface area contributed by atoms with E-state index < -0.39 is 0 Å². The van der Waals surface area contributed by atoms with Crippen molar-refractivity contribution >= 4 is 28.5 Å². The summed E-state index contributed by atoms with van der Waals surface area (Å²) in [4.78, 5) is 11.9. The minimum absolute atomic E-state index is 0.255. The maximum Gasteiger partial charge on any atom is 0.150 e. The molecule has 0 bridgehead atoms. The van der Waals surface area contributed by atoms with Gasteiger partial charge in [0.05, 0.1) is 5.39 Å². The molecule has 0 unspecified atom stereocenters. The molecule has 0 spiro atoms. The Morgan fingerprint density at radius 1 is 0.848 bits per heavy atom. The number of fused-ring (bicyclic) bond motifs is 1. The summed E-state index contributed by atoms with van der Waals surface area (Å²) in [6.07, 6.45) is 3.82. The molecule has 33 heavy (non-hydrogen) atoms. The Morgan fingerprint density at radius 3 is 2.18 bits per heavy atom. The van der Waals surface area contributed by atoms with Gasteiger partial charge < -0.3 is 9.47 Å². The van der Waals surface area contributed by atoms with Crippen LogP contribution in [0.25, 0.3) is 27.8 Å². The summed E-state index contributed by atoms with van der Waals surface area (Å²) in [6, 6.07) is 29.1. The Kier molecular flexibility index (Phi) is 5.84. The molecule has 0 N–H and O–H groups in total. The summed E-state index contributed by atoms with van der Waals surface area (Å²) >= 11 is 6.16. The van der Waals surface area contributed by atoms with Crippen molar-refractivity contribution < 1.29 is 0 Å². The Labute approximate surface area is 199 Å². The molecule has 3 aromatic carbocycles. The zero-order valence-corrected chi connectivity index (χ0v) is 19.4. The van der Waals surface area contributed by atoms with Gasteiger partial charge in [0, 0.05) is 35.1 Å². The van der Waals surface area contributed by atoms with Crippen LogP contribution in [0.5, 0.6) is 0 Å². The van der Waals surface area contributed by atoms with Gasteiger partial charge in [-0.1, -0.05) is 72.3 Å². The van der Waals surface area contributed by atoms with Gasteiger partial charge in [0.25, 0.3) is 0 Å². The Bertz CT molecular complexity index is 1360. The molecule has 0 aliphatic rings. The van der Waals surface area contributed by atoms with Crippen LogP contribution in [0.3, 0.4) is 0 Å². The molecule has 5 aromatic rings. The van der Waals surface area contributed by atoms with Crippen LogP contribution in [-0.4, -0.2) is 20.6 Å². The van der Waals surface area contributed by atoms with Gasteiger partial charge in [0.2, 0.25) is 0 Å². The quantitative estimate of drug-likeness (QED) is 0.274. The van der Waals surface area contributed by atoms with Crippen LogP contribution >= 0.6 is 11.6 Å². The molecule has 4 nitrogen and oxygen atoms in total. The molecule has 2 aromatic heterocycles. The van der Waals surface area contributed by atoms with Crippen LogP contribution in [0.4, 0.5) is 5.82 Å². The lowest BCUT2D eigenvalue weighted by Crippen LogP contribution is -2.31. The van der Waals surface area contributed by atoms with E-state index in [0.29, 0.717) is 5.02 Å². The zero-order valence-electron chi connectivity index (χ0n) is 18.7. The fourth-order valence-electron chi connectivity index (χ4n) is 4.18. The van der Waals surface area contributed by atoms with Crippen LogP contribution in [0.15, 0.2) is 97.5 Å². The molecule has 0 aliphatic carbocycles. The first-order valence-corrected chi connectivity index (χ1v) is 11.5. The average Bonchev–Trinajstić information content (AvgIpc) is 3.24. The molecular formula is C28H25ClN4. The molecule has 0 fully saturated rings. The summed E-state index contributed by atoms with van der Waals surface area (Å²) in [7, 11) is 0. The van der Waals surface area contributed by atoms with Crippen LogP contribution in [0, 0.1) is 0 Å². The fraction of sp³-hybridized carbons (Fsp3) is 0.143. The predicted octanol–water partition coefficient (Wildman–Crippen LogP) is 7.16. The van der Waals surface area contributed by atoms with E-state index >= 15 is 0 Å². The highest BCUT2D eigenvalue weighted by Crippen LogP contribution is 2.37. The van der Waals surface area contributed by atoms with Gasteiger partial charge in [-0.15, -0.1) is 0 Å². The number of hydrogen-bond donors (Lipinski definition) is 0. The second-order valence-electron chi connectivity index (χ2n) is 8.36. The van der Waals surface area contributed by atoms with Crippen molar-refractivity contribution in [2.24, 2.45) is 0 Å². The van der Waals surface area contributed by atoms with Gasteiger partial charge in [-0.2, -0.15) is 0 Å². The van der Waals surface area contributed by atoms with Crippen LogP contribution in [-0.2, 0) is 6.54 Å². The van der Waals surface area contributed by atoms with Crippen molar-refractivity contribution in [3.05, 3.63) is 108 Å². The Balaban J connectivity index is 1.75. The van der Waals surface area contributed by atoms with E-state index in [0.717, 1.165) is 40.2 Å².